The van der Waals surface area contributed by atoms with E-state index in [0.717, 1.165) is 30.1 Å². The Morgan fingerprint density at radius 3 is 3.00 bits per heavy atom. The average molecular weight is 345 g/mol. The van der Waals surface area contributed by atoms with E-state index in [1.165, 1.54) is 5.56 Å². The molecule has 6 heteroatoms. The molecule has 1 fully saturated rings. The number of carbonyl (C=O) groups is 1. The van der Waals surface area contributed by atoms with Gasteiger partial charge in [0.1, 0.15) is 0 Å². The molecule has 0 saturated carbocycles. The van der Waals surface area contributed by atoms with Crippen molar-refractivity contribution in [2.45, 2.75) is 26.5 Å². The molecule has 2 amide bonds. The fraction of sp³-hybridized carbons (Fsp3) is 0.444. The predicted octanol–water partition coefficient (Wildman–Crippen LogP) is 3.20. The maximum atomic E-state index is 12.3. The lowest BCUT2D eigenvalue weighted by Gasteiger charge is -2.17. The SMILES string of the molecule is Cc1ncsc1CNC(=O)N1CC[C@H](COCc2ccccc2)C1. The molecular weight excluding hydrogens is 322 g/mol. The number of hydrogen-bond donors (Lipinski definition) is 1. The summed E-state index contributed by atoms with van der Waals surface area (Å²) in [6.07, 6.45) is 1.00. The monoisotopic (exact) mass is 345 g/mol. The van der Waals surface area contributed by atoms with E-state index in [9.17, 15) is 4.79 Å². The summed E-state index contributed by atoms with van der Waals surface area (Å²) in [6, 6.07) is 10.2. The van der Waals surface area contributed by atoms with Crippen molar-refractivity contribution in [2.75, 3.05) is 19.7 Å². The van der Waals surface area contributed by atoms with Gasteiger partial charge in [0.15, 0.2) is 0 Å². The van der Waals surface area contributed by atoms with Crippen molar-refractivity contribution in [1.29, 1.82) is 0 Å². The van der Waals surface area contributed by atoms with Crippen LogP contribution in [0.5, 0.6) is 0 Å². The lowest BCUT2D eigenvalue weighted by Crippen LogP contribution is -2.38. The van der Waals surface area contributed by atoms with E-state index in [-0.39, 0.29) is 6.03 Å². The van der Waals surface area contributed by atoms with Gasteiger partial charge in [0.05, 0.1) is 31.0 Å². The number of likely N-dealkylation sites (tertiary alicyclic amines) is 1. The van der Waals surface area contributed by atoms with Gasteiger partial charge in [-0.3, -0.25) is 0 Å². The molecule has 1 aromatic heterocycles. The number of nitrogens with one attached hydrogen (secondary N) is 1. The Morgan fingerprint density at radius 1 is 1.42 bits per heavy atom. The highest BCUT2D eigenvalue weighted by molar-refractivity contribution is 7.09. The van der Waals surface area contributed by atoms with Gasteiger partial charge in [0.25, 0.3) is 0 Å². The maximum absolute atomic E-state index is 12.3. The van der Waals surface area contributed by atoms with Gasteiger partial charge in [-0.15, -0.1) is 11.3 Å². The van der Waals surface area contributed by atoms with Crippen LogP contribution in [0.15, 0.2) is 35.8 Å². The number of hydrogen-bond acceptors (Lipinski definition) is 4. The summed E-state index contributed by atoms with van der Waals surface area (Å²) in [5, 5.41) is 2.99. The van der Waals surface area contributed by atoms with Crippen LogP contribution in [-0.2, 0) is 17.9 Å². The number of thiazole rings is 1. The molecule has 1 aliphatic rings. The van der Waals surface area contributed by atoms with Crippen molar-refractivity contribution in [3.05, 3.63) is 52.0 Å². The fourth-order valence-electron chi connectivity index (χ4n) is 2.83. The summed E-state index contributed by atoms with van der Waals surface area (Å²) in [5.41, 5.74) is 3.99. The Hall–Kier alpha value is -1.92. The van der Waals surface area contributed by atoms with E-state index in [1.54, 1.807) is 11.3 Å². The summed E-state index contributed by atoms with van der Waals surface area (Å²) < 4.78 is 5.80. The molecule has 0 bridgehead atoms. The quantitative estimate of drug-likeness (QED) is 0.875. The molecule has 3 rings (SSSR count). The van der Waals surface area contributed by atoms with Crippen LogP contribution in [0.4, 0.5) is 4.79 Å². The summed E-state index contributed by atoms with van der Waals surface area (Å²) in [4.78, 5) is 19.4. The number of rotatable bonds is 6. The van der Waals surface area contributed by atoms with Crippen molar-refractivity contribution < 1.29 is 9.53 Å². The normalized spacial score (nSPS) is 17.2. The lowest BCUT2D eigenvalue weighted by molar-refractivity contribution is 0.0897. The number of nitrogens with zero attached hydrogens (tertiary/aromatic N) is 2. The van der Waals surface area contributed by atoms with Crippen LogP contribution in [-0.4, -0.2) is 35.6 Å². The molecule has 0 radical (unpaired) electrons. The van der Waals surface area contributed by atoms with Crippen molar-refractivity contribution in [3.63, 3.8) is 0 Å². The minimum Gasteiger partial charge on any atom is -0.376 e. The largest absolute Gasteiger partial charge is 0.376 e. The summed E-state index contributed by atoms with van der Waals surface area (Å²) in [5.74, 6) is 0.421. The van der Waals surface area contributed by atoms with E-state index < -0.39 is 0 Å². The lowest BCUT2D eigenvalue weighted by atomic mass is 10.1. The zero-order valence-corrected chi connectivity index (χ0v) is 14.7. The zero-order chi connectivity index (χ0) is 16.8. The highest BCUT2D eigenvalue weighted by Crippen LogP contribution is 2.18. The molecule has 1 saturated heterocycles. The summed E-state index contributed by atoms with van der Waals surface area (Å²) in [7, 11) is 0. The Balaban J connectivity index is 1.37. The Bertz CT molecular complexity index is 659. The molecule has 0 aliphatic carbocycles. The maximum Gasteiger partial charge on any atom is 0.317 e. The van der Waals surface area contributed by atoms with Gasteiger partial charge in [0, 0.05) is 23.9 Å². The minimum absolute atomic E-state index is 0.00774. The number of urea groups is 1. The molecule has 1 N–H and O–H groups in total. The van der Waals surface area contributed by atoms with Crippen LogP contribution in [0, 0.1) is 12.8 Å². The van der Waals surface area contributed by atoms with E-state index in [4.69, 9.17) is 4.74 Å². The molecule has 24 heavy (non-hydrogen) atoms. The first-order valence-corrected chi connectivity index (χ1v) is 9.13. The van der Waals surface area contributed by atoms with Gasteiger partial charge >= 0.3 is 6.03 Å². The first kappa shape index (κ1) is 16.9. The summed E-state index contributed by atoms with van der Waals surface area (Å²) >= 11 is 1.58. The fourth-order valence-corrected chi connectivity index (χ4v) is 3.55. The number of aromatic nitrogens is 1. The molecule has 2 aromatic rings. The standard InChI is InChI=1S/C18H23N3O2S/c1-14-17(24-13-20-14)9-19-18(22)21-8-7-16(10-21)12-23-11-15-5-3-2-4-6-15/h2-6,13,16H,7-12H2,1H3,(H,19,22)/t16-/m0/s1. The molecule has 5 nitrogen and oxygen atoms in total. The van der Waals surface area contributed by atoms with Crippen LogP contribution in [0.3, 0.4) is 0 Å². The molecule has 1 aliphatic heterocycles. The first-order chi connectivity index (χ1) is 11.7. The van der Waals surface area contributed by atoms with Gasteiger partial charge in [-0.25, -0.2) is 9.78 Å². The molecule has 0 spiro atoms. The number of amides is 2. The second kappa shape index (κ2) is 8.26. The van der Waals surface area contributed by atoms with Crippen molar-refractivity contribution in [2.24, 2.45) is 5.92 Å². The highest BCUT2D eigenvalue weighted by Gasteiger charge is 2.26. The number of aryl methyl sites for hydroxylation is 1. The van der Waals surface area contributed by atoms with Crippen LogP contribution in [0.1, 0.15) is 22.6 Å². The molecule has 0 unspecified atom stereocenters. The number of ether oxygens (including phenoxy) is 1. The number of carbonyl (C=O) groups excluding carboxylic acids is 1. The van der Waals surface area contributed by atoms with Gasteiger partial charge < -0.3 is 15.0 Å². The topological polar surface area (TPSA) is 54.5 Å². The molecule has 2 heterocycles. The molecule has 1 atom stereocenters. The first-order valence-electron chi connectivity index (χ1n) is 8.26. The van der Waals surface area contributed by atoms with Crippen LogP contribution >= 0.6 is 11.3 Å². The third kappa shape index (κ3) is 4.55. The van der Waals surface area contributed by atoms with Crippen LogP contribution in [0.2, 0.25) is 0 Å². The highest BCUT2D eigenvalue weighted by atomic mass is 32.1. The van der Waals surface area contributed by atoms with Crippen molar-refractivity contribution in [3.8, 4) is 0 Å². The van der Waals surface area contributed by atoms with Gasteiger partial charge in [-0.1, -0.05) is 30.3 Å². The van der Waals surface area contributed by atoms with Gasteiger partial charge in [0.2, 0.25) is 0 Å². The third-order valence-electron chi connectivity index (χ3n) is 4.28. The molecular formula is C18H23N3O2S. The minimum atomic E-state index is 0.00774. The second-order valence-electron chi connectivity index (χ2n) is 6.12. The second-order valence-corrected chi connectivity index (χ2v) is 7.06. The zero-order valence-electron chi connectivity index (χ0n) is 13.9. The van der Waals surface area contributed by atoms with Crippen molar-refractivity contribution in [1.82, 2.24) is 15.2 Å². The smallest absolute Gasteiger partial charge is 0.317 e. The van der Waals surface area contributed by atoms with E-state index in [1.807, 2.05) is 35.5 Å². The van der Waals surface area contributed by atoms with Gasteiger partial charge in [-0.2, -0.15) is 0 Å². The molecule has 128 valence electrons. The third-order valence-corrected chi connectivity index (χ3v) is 5.22. The van der Waals surface area contributed by atoms with Gasteiger partial charge in [-0.05, 0) is 18.9 Å². The Morgan fingerprint density at radius 2 is 2.25 bits per heavy atom. The Labute approximate surface area is 146 Å². The summed E-state index contributed by atoms with van der Waals surface area (Å²) in [6.45, 7) is 5.42. The van der Waals surface area contributed by atoms with Crippen LogP contribution in [0.25, 0.3) is 0 Å². The van der Waals surface area contributed by atoms with E-state index in [0.29, 0.717) is 25.7 Å². The predicted molar refractivity (Wildman–Crippen MR) is 94.9 cm³/mol. The van der Waals surface area contributed by atoms with Crippen molar-refractivity contribution >= 4 is 17.4 Å². The van der Waals surface area contributed by atoms with Crippen LogP contribution < -0.4 is 5.32 Å². The number of benzene rings is 1. The van der Waals surface area contributed by atoms with E-state index >= 15 is 0 Å². The molecule has 1 aromatic carbocycles. The average Bonchev–Trinajstić information content (AvgIpc) is 3.23. The van der Waals surface area contributed by atoms with E-state index in [2.05, 4.69) is 22.4 Å². The Kier molecular flexibility index (Phi) is 5.82.